The molecule has 3 aliphatic heterocycles. The number of carbonyl (C=O) groups is 3. The standard InChI is InChI=1S/C23H38N2O5S/c1-6-8-14(5)24-20(27)19-23-10-9-16(31-23)17(22(29)30-7-2)18(23)21(28)25(19)15(12-26)11-13(3)4/h13-19,26H,6-12H2,1-5H3,(H,24,27)/t14?,15-,16-,17+,18+,19?,23?/m1/s1. The third-order valence-corrected chi connectivity index (χ3v) is 8.95. The molecule has 2 amide bonds. The summed E-state index contributed by atoms with van der Waals surface area (Å²) in [6.07, 6.45) is 3.95. The van der Waals surface area contributed by atoms with Gasteiger partial charge in [0, 0.05) is 11.3 Å². The predicted molar refractivity (Wildman–Crippen MR) is 120 cm³/mol. The molecule has 3 unspecified atom stereocenters. The van der Waals surface area contributed by atoms with Crippen LogP contribution in [-0.2, 0) is 19.1 Å². The Hall–Kier alpha value is -1.28. The first-order chi connectivity index (χ1) is 14.7. The Morgan fingerprint density at radius 1 is 1.32 bits per heavy atom. The summed E-state index contributed by atoms with van der Waals surface area (Å²) in [4.78, 5) is 41.9. The van der Waals surface area contributed by atoms with Gasteiger partial charge in [0.2, 0.25) is 11.8 Å². The lowest BCUT2D eigenvalue weighted by Gasteiger charge is -2.38. The normalized spacial score (nSPS) is 33.5. The van der Waals surface area contributed by atoms with Crippen LogP contribution in [0.5, 0.6) is 0 Å². The van der Waals surface area contributed by atoms with Gasteiger partial charge in [-0.3, -0.25) is 14.4 Å². The van der Waals surface area contributed by atoms with Gasteiger partial charge in [0.05, 0.1) is 35.8 Å². The van der Waals surface area contributed by atoms with Crippen molar-refractivity contribution in [1.82, 2.24) is 10.2 Å². The quantitative estimate of drug-likeness (QED) is 0.492. The number of esters is 1. The average molecular weight is 455 g/mol. The molecule has 3 heterocycles. The average Bonchev–Trinajstić information content (AvgIpc) is 3.33. The lowest BCUT2D eigenvalue weighted by molar-refractivity contribution is -0.154. The van der Waals surface area contributed by atoms with Crippen molar-refractivity contribution in [2.24, 2.45) is 17.8 Å². The van der Waals surface area contributed by atoms with E-state index >= 15 is 0 Å². The van der Waals surface area contributed by atoms with E-state index in [-0.39, 0.29) is 48.2 Å². The fraction of sp³-hybridized carbons (Fsp3) is 0.870. The predicted octanol–water partition coefficient (Wildman–Crippen LogP) is 2.35. The lowest BCUT2D eigenvalue weighted by atomic mass is 9.71. The number of hydrogen-bond acceptors (Lipinski definition) is 6. The molecule has 8 heteroatoms. The molecule has 3 saturated heterocycles. The summed E-state index contributed by atoms with van der Waals surface area (Å²) < 4.78 is 4.71. The van der Waals surface area contributed by atoms with Gasteiger partial charge in [0.15, 0.2) is 0 Å². The molecule has 176 valence electrons. The van der Waals surface area contributed by atoms with Crippen LogP contribution < -0.4 is 5.32 Å². The molecule has 0 aromatic heterocycles. The second kappa shape index (κ2) is 9.69. The number of thioether (sulfide) groups is 1. The Kier molecular flexibility index (Phi) is 7.62. The number of carbonyl (C=O) groups excluding carboxylic acids is 3. The molecule has 3 aliphatic rings. The van der Waals surface area contributed by atoms with Crippen molar-refractivity contribution < 1.29 is 24.2 Å². The highest BCUT2D eigenvalue weighted by Gasteiger charge is 2.74. The summed E-state index contributed by atoms with van der Waals surface area (Å²) in [5, 5.41) is 13.3. The maximum Gasteiger partial charge on any atom is 0.310 e. The molecule has 0 aliphatic carbocycles. The first kappa shape index (κ1) is 24.4. The Balaban J connectivity index is 2.00. The SMILES string of the molecule is CCCC(C)NC(=O)C1N([C@@H](CO)CC(C)C)C(=O)[C@@H]2[C@@H](C(=O)OCC)[C@H]3CCC12S3. The second-order valence-electron chi connectivity index (χ2n) is 9.72. The van der Waals surface area contributed by atoms with Gasteiger partial charge in [-0.1, -0.05) is 27.2 Å². The van der Waals surface area contributed by atoms with Crippen molar-refractivity contribution in [3.63, 3.8) is 0 Å². The zero-order chi connectivity index (χ0) is 22.9. The summed E-state index contributed by atoms with van der Waals surface area (Å²) in [5.41, 5.74) is 0. The monoisotopic (exact) mass is 454 g/mol. The van der Waals surface area contributed by atoms with Gasteiger partial charge in [-0.15, -0.1) is 11.8 Å². The molecule has 0 radical (unpaired) electrons. The smallest absolute Gasteiger partial charge is 0.310 e. The van der Waals surface area contributed by atoms with Crippen LogP contribution in [0.1, 0.15) is 66.7 Å². The molecule has 7 atom stereocenters. The molecule has 3 fully saturated rings. The third kappa shape index (κ3) is 4.22. The van der Waals surface area contributed by atoms with Crippen LogP contribution in [0, 0.1) is 17.8 Å². The molecule has 31 heavy (non-hydrogen) atoms. The first-order valence-electron chi connectivity index (χ1n) is 11.8. The summed E-state index contributed by atoms with van der Waals surface area (Å²) in [5.74, 6) is -1.47. The van der Waals surface area contributed by atoms with Crippen molar-refractivity contribution in [3.05, 3.63) is 0 Å². The van der Waals surface area contributed by atoms with Gasteiger partial charge in [-0.05, 0) is 45.4 Å². The summed E-state index contributed by atoms with van der Waals surface area (Å²) >= 11 is 1.64. The van der Waals surface area contributed by atoms with E-state index in [2.05, 4.69) is 12.2 Å². The fourth-order valence-electron chi connectivity index (χ4n) is 5.94. The number of nitrogens with zero attached hydrogens (tertiary/aromatic N) is 1. The Morgan fingerprint density at radius 2 is 2.03 bits per heavy atom. The van der Waals surface area contributed by atoms with Crippen LogP contribution in [0.15, 0.2) is 0 Å². The van der Waals surface area contributed by atoms with Crippen LogP contribution in [0.25, 0.3) is 0 Å². The largest absolute Gasteiger partial charge is 0.466 e. The minimum Gasteiger partial charge on any atom is -0.466 e. The lowest BCUT2D eigenvalue weighted by Crippen LogP contribution is -2.57. The Morgan fingerprint density at radius 3 is 2.61 bits per heavy atom. The summed E-state index contributed by atoms with van der Waals surface area (Å²) in [7, 11) is 0. The highest BCUT2D eigenvalue weighted by atomic mass is 32.2. The van der Waals surface area contributed by atoms with E-state index in [9.17, 15) is 19.5 Å². The van der Waals surface area contributed by atoms with E-state index < -0.39 is 28.7 Å². The van der Waals surface area contributed by atoms with Crippen LogP contribution in [0.4, 0.5) is 0 Å². The van der Waals surface area contributed by atoms with Crippen molar-refractivity contribution in [2.75, 3.05) is 13.2 Å². The number of aliphatic hydroxyl groups excluding tert-OH is 1. The minimum atomic E-state index is -0.672. The third-order valence-electron chi connectivity index (χ3n) is 7.00. The van der Waals surface area contributed by atoms with E-state index in [4.69, 9.17) is 4.74 Å². The fourth-order valence-corrected chi connectivity index (χ4v) is 8.13. The van der Waals surface area contributed by atoms with Gasteiger partial charge >= 0.3 is 5.97 Å². The summed E-state index contributed by atoms with van der Waals surface area (Å²) in [6, 6.07) is -1.10. The van der Waals surface area contributed by atoms with Crippen LogP contribution in [-0.4, -0.2) is 69.1 Å². The van der Waals surface area contributed by atoms with Crippen LogP contribution >= 0.6 is 11.8 Å². The Labute approximate surface area is 190 Å². The minimum absolute atomic E-state index is 0.00651. The van der Waals surface area contributed by atoms with Crippen molar-refractivity contribution in [1.29, 1.82) is 0 Å². The summed E-state index contributed by atoms with van der Waals surface area (Å²) in [6.45, 7) is 9.99. The van der Waals surface area contributed by atoms with Gasteiger partial charge in [-0.25, -0.2) is 0 Å². The molecule has 0 aromatic rings. The number of nitrogens with one attached hydrogen (secondary N) is 1. The molecular weight excluding hydrogens is 416 g/mol. The van der Waals surface area contributed by atoms with Crippen LogP contribution in [0.3, 0.4) is 0 Å². The maximum absolute atomic E-state index is 13.8. The van der Waals surface area contributed by atoms with E-state index in [1.54, 1.807) is 23.6 Å². The number of likely N-dealkylation sites (tertiary alicyclic amines) is 1. The molecule has 2 bridgehead atoms. The van der Waals surface area contributed by atoms with E-state index in [0.29, 0.717) is 6.42 Å². The number of amides is 2. The van der Waals surface area contributed by atoms with E-state index in [1.165, 1.54) is 0 Å². The highest BCUT2D eigenvalue weighted by Crippen LogP contribution is 2.66. The molecule has 2 N–H and O–H groups in total. The first-order valence-corrected chi connectivity index (χ1v) is 12.7. The van der Waals surface area contributed by atoms with Crippen molar-refractivity contribution in [2.45, 2.75) is 94.8 Å². The van der Waals surface area contributed by atoms with E-state index in [0.717, 1.165) is 25.7 Å². The molecule has 0 saturated carbocycles. The van der Waals surface area contributed by atoms with Crippen molar-refractivity contribution in [3.8, 4) is 0 Å². The van der Waals surface area contributed by atoms with Crippen LogP contribution in [0.2, 0.25) is 0 Å². The molecule has 7 nitrogen and oxygen atoms in total. The molecule has 0 aromatic carbocycles. The topological polar surface area (TPSA) is 95.9 Å². The zero-order valence-electron chi connectivity index (χ0n) is 19.4. The number of hydrogen-bond donors (Lipinski definition) is 2. The maximum atomic E-state index is 13.8. The van der Waals surface area contributed by atoms with Gasteiger partial charge in [0.1, 0.15) is 6.04 Å². The van der Waals surface area contributed by atoms with Gasteiger partial charge in [-0.2, -0.15) is 0 Å². The Bertz CT molecular complexity index is 701. The van der Waals surface area contributed by atoms with Gasteiger partial charge in [0.25, 0.3) is 0 Å². The number of rotatable bonds is 10. The van der Waals surface area contributed by atoms with E-state index in [1.807, 2.05) is 20.8 Å². The number of fused-ring (bicyclic) bond motifs is 1. The van der Waals surface area contributed by atoms with Crippen molar-refractivity contribution >= 4 is 29.5 Å². The zero-order valence-corrected chi connectivity index (χ0v) is 20.2. The number of ether oxygens (including phenoxy) is 1. The molecular formula is C23H38N2O5S. The molecule has 3 rings (SSSR count). The second-order valence-corrected chi connectivity index (χ2v) is 11.3. The molecule has 1 spiro atoms. The highest BCUT2D eigenvalue weighted by molar-refractivity contribution is 8.02. The number of aliphatic hydroxyl groups is 1. The van der Waals surface area contributed by atoms with Gasteiger partial charge < -0.3 is 20.1 Å².